The number of aryl methyl sites for hydroxylation is 1. The zero-order valence-corrected chi connectivity index (χ0v) is 15.1. The van der Waals surface area contributed by atoms with Crippen LogP contribution in [0.15, 0.2) is 29.6 Å². The first-order valence-electron chi connectivity index (χ1n) is 8.04. The Morgan fingerprint density at radius 2 is 2.21 bits per heavy atom. The number of ether oxygens (including phenoxy) is 1. The number of aliphatic hydroxyl groups is 1. The summed E-state index contributed by atoms with van der Waals surface area (Å²) < 4.78 is 5.69. The third kappa shape index (κ3) is 5.94. The Labute approximate surface area is 146 Å². The maximum absolute atomic E-state index is 12.2. The minimum atomic E-state index is -0.527. The van der Waals surface area contributed by atoms with E-state index in [0.717, 1.165) is 10.7 Å². The maximum atomic E-state index is 12.2. The zero-order chi connectivity index (χ0) is 17.5. The number of aromatic nitrogens is 1. The number of carbonyl (C=O) groups is 1. The molecular formula is C18H24N2O3S. The van der Waals surface area contributed by atoms with Gasteiger partial charge in [0, 0.05) is 17.5 Å². The van der Waals surface area contributed by atoms with Gasteiger partial charge in [0.15, 0.2) is 0 Å². The van der Waals surface area contributed by atoms with Crippen molar-refractivity contribution < 1.29 is 14.6 Å². The van der Waals surface area contributed by atoms with Crippen LogP contribution in [0.2, 0.25) is 0 Å². The average molecular weight is 348 g/mol. The summed E-state index contributed by atoms with van der Waals surface area (Å²) in [6.07, 6.45) is 0.137. The molecule has 1 heterocycles. The molecule has 0 saturated heterocycles. The van der Waals surface area contributed by atoms with Crippen molar-refractivity contribution in [2.24, 2.45) is 5.92 Å². The lowest BCUT2D eigenvalue weighted by molar-refractivity contribution is 0.0900. The Hall–Kier alpha value is -1.92. The fraction of sp³-hybridized carbons (Fsp3) is 0.444. The lowest BCUT2D eigenvalue weighted by Crippen LogP contribution is -2.32. The van der Waals surface area contributed by atoms with Gasteiger partial charge in [0.05, 0.1) is 16.8 Å². The molecule has 1 atom stereocenters. The van der Waals surface area contributed by atoms with Crippen LogP contribution in [0.4, 0.5) is 0 Å². The van der Waals surface area contributed by atoms with Crippen molar-refractivity contribution in [2.45, 2.75) is 39.9 Å². The van der Waals surface area contributed by atoms with Crippen molar-refractivity contribution in [3.63, 3.8) is 0 Å². The van der Waals surface area contributed by atoms with Crippen LogP contribution in [0.3, 0.4) is 0 Å². The van der Waals surface area contributed by atoms with Gasteiger partial charge in [-0.15, -0.1) is 11.3 Å². The first-order valence-corrected chi connectivity index (χ1v) is 8.92. The number of carbonyl (C=O) groups excluding carboxylic acids is 1. The summed E-state index contributed by atoms with van der Waals surface area (Å²) in [4.78, 5) is 16.5. The molecule has 0 spiro atoms. The van der Waals surface area contributed by atoms with Gasteiger partial charge in [-0.05, 0) is 37.5 Å². The topological polar surface area (TPSA) is 71.5 Å². The van der Waals surface area contributed by atoms with Crippen LogP contribution in [-0.2, 0) is 6.61 Å². The quantitative estimate of drug-likeness (QED) is 0.769. The second-order valence-corrected chi connectivity index (χ2v) is 7.23. The van der Waals surface area contributed by atoms with E-state index in [1.54, 1.807) is 29.5 Å². The van der Waals surface area contributed by atoms with Gasteiger partial charge in [-0.25, -0.2) is 4.98 Å². The van der Waals surface area contributed by atoms with E-state index in [0.29, 0.717) is 30.3 Å². The molecule has 0 fully saturated rings. The maximum Gasteiger partial charge on any atom is 0.251 e. The molecule has 1 aromatic carbocycles. The summed E-state index contributed by atoms with van der Waals surface area (Å²) in [6, 6.07) is 7.01. The molecule has 6 heteroatoms. The normalized spacial score (nSPS) is 12.2. The molecule has 1 unspecified atom stereocenters. The van der Waals surface area contributed by atoms with Crippen molar-refractivity contribution in [1.29, 1.82) is 0 Å². The highest BCUT2D eigenvalue weighted by molar-refractivity contribution is 7.09. The molecule has 24 heavy (non-hydrogen) atoms. The van der Waals surface area contributed by atoms with Crippen molar-refractivity contribution in [1.82, 2.24) is 10.3 Å². The molecule has 2 N–H and O–H groups in total. The largest absolute Gasteiger partial charge is 0.487 e. The molecular weight excluding hydrogens is 324 g/mol. The van der Waals surface area contributed by atoms with E-state index in [9.17, 15) is 9.90 Å². The van der Waals surface area contributed by atoms with Crippen LogP contribution < -0.4 is 10.1 Å². The number of hydrogen-bond donors (Lipinski definition) is 2. The summed E-state index contributed by atoms with van der Waals surface area (Å²) in [7, 11) is 0. The monoisotopic (exact) mass is 348 g/mol. The lowest BCUT2D eigenvalue weighted by atomic mass is 10.1. The number of nitrogens with zero attached hydrogens (tertiary/aromatic N) is 1. The van der Waals surface area contributed by atoms with E-state index in [-0.39, 0.29) is 12.5 Å². The van der Waals surface area contributed by atoms with E-state index in [4.69, 9.17) is 4.74 Å². The molecule has 130 valence electrons. The summed E-state index contributed by atoms with van der Waals surface area (Å²) in [5, 5.41) is 15.6. The SMILES string of the molecule is Cc1nc(COc2cccc(C(=O)NCC(O)CC(C)C)c2)cs1. The van der Waals surface area contributed by atoms with Gasteiger partial charge in [0.1, 0.15) is 12.4 Å². The third-order valence-corrected chi connectivity index (χ3v) is 4.21. The zero-order valence-electron chi connectivity index (χ0n) is 14.3. The van der Waals surface area contributed by atoms with Crippen LogP contribution in [0, 0.1) is 12.8 Å². The van der Waals surface area contributed by atoms with Gasteiger partial charge in [-0.2, -0.15) is 0 Å². The number of benzene rings is 1. The number of nitrogens with one attached hydrogen (secondary N) is 1. The molecule has 0 bridgehead atoms. The van der Waals surface area contributed by atoms with Crippen LogP contribution in [0.1, 0.15) is 41.3 Å². The molecule has 0 radical (unpaired) electrons. The Morgan fingerprint density at radius 3 is 2.88 bits per heavy atom. The van der Waals surface area contributed by atoms with E-state index in [1.807, 2.05) is 32.2 Å². The Bertz CT molecular complexity index is 670. The average Bonchev–Trinajstić information content (AvgIpc) is 2.96. The Balaban J connectivity index is 1.88. The third-order valence-electron chi connectivity index (χ3n) is 3.39. The number of rotatable bonds is 8. The minimum absolute atomic E-state index is 0.215. The molecule has 0 aliphatic rings. The summed E-state index contributed by atoms with van der Waals surface area (Å²) in [6.45, 7) is 6.65. The Kier molecular flexibility index (Phi) is 6.75. The fourth-order valence-corrected chi connectivity index (χ4v) is 2.90. The lowest BCUT2D eigenvalue weighted by Gasteiger charge is -2.14. The van der Waals surface area contributed by atoms with Crippen LogP contribution in [-0.4, -0.2) is 28.6 Å². The predicted molar refractivity (Wildman–Crippen MR) is 95.4 cm³/mol. The number of aliphatic hydroxyl groups excluding tert-OH is 1. The molecule has 1 aromatic heterocycles. The predicted octanol–water partition coefficient (Wildman–Crippen LogP) is 3.17. The van der Waals surface area contributed by atoms with Gasteiger partial charge in [-0.3, -0.25) is 4.79 Å². The summed E-state index contributed by atoms with van der Waals surface area (Å²) in [5.74, 6) is 0.798. The second kappa shape index (κ2) is 8.80. The highest BCUT2D eigenvalue weighted by Crippen LogP contribution is 2.16. The van der Waals surface area contributed by atoms with Gasteiger partial charge in [0.2, 0.25) is 0 Å². The van der Waals surface area contributed by atoms with Gasteiger partial charge >= 0.3 is 0 Å². The van der Waals surface area contributed by atoms with Crippen LogP contribution in [0.5, 0.6) is 5.75 Å². The van der Waals surface area contributed by atoms with Crippen molar-refractivity contribution >= 4 is 17.2 Å². The molecule has 2 rings (SSSR count). The van der Waals surface area contributed by atoms with Gasteiger partial charge in [-0.1, -0.05) is 19.9 Å². The van der Waals surface area contributed by atoms with E-state index >= 15 is 0 Å². The molecule has 1 amide bonds. The number of hydrogen-bond acceptors (Lipinski definition) is 5. The van der Waals surface area contributed by atoms with E-state index in [1.165, 1.54) is 0 Å². The summed E-state index contributed by atoms with van der Waals surface area (Å²) in [5.41, 5.74) is 1.39. The molecule has 2 aromatic rings. The van der Waals surface area contributed by atoms with Gasteiger partial charge in [0.25, 0.3) is 5.91 Å². The number of thiazole rings is 1. The van der Waals surface area contributed by atoms with Crippen LogP contribution in [0.25, 0.3) is 0 Å². The fourth-order valence-electron chi connectivity index (χ4n) is 2.30. The van der Waals surface area contributed by atoms with E-state index in [2.05, 4.69) is 10.3 Å². The van der Waals surface area contributed by atoms with Crippen molar-refractivity contribution in [3.8, 4) is 5.75 Å². The standard InChI is InChI=1S/C18H24N2O3S/c1-12(2)7-16(21)9-19-18(22)14-5-4-6-17(8-14)23-10-15-11-24-13(3)20-15/h4-6,8,11-12,16,21H,7,9-10H2,1-3H3,(H,19,22). The first-order chi connectivity index (χ1) is 11.4. The molecule has 0 aliphatic heterocycles. The Morgan fingerprint density at radius 1 is 1.42 bits per heavy atom. The van der Waals surface area contributed by atoms with Crippen LogP contribution >= 0.6 is 11.3 Å². The minimum Gasteiger partial charge on any atom is -0.487 e. The van der Waals surface area contributed by atoms with E-state index < -0.39 is 6.10 Å². The van der Waals surface area contributed by atoms with Crippen molar-refractivity contribution in [3.05, 3.63) is 45.9 Å². The number of amides is 1. The molecule has 0 saturated carbocycles. The van der Waals surface area contributed by atoms with Crippen molar-refractivity contribution in [2.75, 3.05) is 6.54 Å². The smallest absolute Gasteiger partial charge is 0.251 e. The molecule has 0 aliphatic carbocycles. The highest BCUT2D eigenvalue weighted by atomic mass is 32.1. The highest BCUT2D eigenvalue weighted by Gasteiger charge is 2.11. The second-order valence-electron chi connectivity index (χ2n) is 6.17. The summed E-state index contributed by atoms with van der Waals surface area (Å²) >= 11 is 1.58. The van der Waals surface area contributed by atoms with Gasteiger partial charge < -0.3 is 15.2 Å². The molecule has 5 nitrogen and oxygen atoms in total. The first kappa shape index (κ1) is 18.4.